The summed E-state index contributed by atoms with van der Waals surface area (Å²) in [5.41, 5.74) is 6.03. The topological polar surface area (TPSA) is 68.9 Å². The summed E-state index contributed by atoms with van der Waals surface area (Å²) in [6, 6.07) is 10.4. The van der Waals surface area contributed by atoms with Crippen LogP contribution in [0.25, 0.3) is 0 Å². The average molecular weight is 199 g/mol. The standard InChI is InChI=1S/C11H9N3O/c12-9-6-7-13-11(14-9)10(15)8-4-2-1-3-5-8/h1-7H,(H2,12,13,14). The van der Waals surface area contributed by atoms with Crippen LogP contribution in [-0.4, -0.2) is 15.8 Å². The molecule has 0 spiro atoms. The summed E-state index contributed by atoms with van der Waals surface area (Å²) in [6.45, 7) is 0. The van der Waals surface area contributed by atoms with Gasteiger partial charge in [0, 0.05) is 11.8 Å². The third kappa shape index (κ3) is 1.99. The number of carbonyl (C=O) groups excluding carboxylic acids is 1. The van der Waals surface area contributed by atoms with Crippen molar-refractivity contribution >= 4 is 11.6 Å². The molecule has 4 nitrogen and oxygen atoms in total. The second-order valence-corrected chi connectivity index (χ2v) is 3.00. The smallest absolute Gasteiger partial charge is 0.230 e. The molecule has 0 amide bonds. The molecule has 0 radical (unpaired) electrons. The lowest BCUT2D eigenvalue weighted by atomic mass is 10.1. The molecule has 0 unspecified atom stereocenters. The van der Waals surface area contributed by atoms with Crippen LogP contribution in [-0.2, 0) is 0 Å². The molecule has 2 rings (SSSR count). The molecule has 0 saturated carbocycles. The van der Waals surface area contributed by atoms with Crippen LogP contribution in [0.15, 0.2) is 42.6 Å². The van der Waals surface area contributed by atoms with E-state index in [1.54, 1.807) is 30.3 Å². The fourth-order valence-electron chi connectivity index (χ4n) is 1.20. The van der Waals surface area contributed by atoms with Crippen molar-refractivity contribution in [2.75, 3.05) is 5.73 Å². The van der Waals surface area contributed by atoms with E-state index in [4.69, 9.17) is 5.73 Å². The highest BCUT2D eigenvalue weighted by Crippen LogP contribution is 2.06. The maximum absolute atomic E-state index is 11.8. The van der Waals surface area contributed by atoms with E-state index in [1.165, 1.54) is 6.20 Å². The van der Waals surface area contributed by atoms with E-state index >= 15 is 0 Å². The van der Waals surface area contributed by atoms with Gasteiger partial charge in [-0.05, 0) is 6.07 Å². The zero-order valence-corrected chi connectivity index (χ0v) is 7.92. The molecule has 2 N–H and O–H groups in total. The van der Waals surface area contributed by atoms with Crippen LogP contribution in [0.5, 0.6) is 0 Å². The summed E-state index contributed by atoms with van der Waals surface area (Å²) in [5.74, 6) is 0.202. The van der Waals surface area contributed by atoms with Gasteiger partial charge in [-0.3, -0.25) is 4.79 Å². The lowest BCUT2D eigenvalue weighted by Crippen LogP contribution is -2.08. The maximum Gasteiger partial charge on any atom is 0.230 e. The molecular formula is C11H9N3O. The number of rotatable bonds is 2. The summed E-state index contributed by atoms with van der Waals surface area (Å²) < 4.78 is 0. The zero-order chi connectivity index (χ0) is 10.7. The Morgan fingerprint density at radius 2 is 1.87 bits per heavy atom. The molecule has 0 aliphatic rings. The Bertz CT molecular complexity index is 482. The van der Waals surface area contributed by atoms with Gasteiger partial charge < -0.3 is 5.73 Å². The van der Waals surface area contributed by atoms with Crippen LogP contribution in [0.3, 0.4) is 0 Å². The van der Waals surface area contributed by atoms with Crippen LogP contribution in [0, 0.1) is 0 Å². The van der Waals surface area contributed by atoms with Gasteiger partial charge in [0.25, 0.3) is 0 Å². The van der Waals surface area contributed by atoms with E-state index in [9.17, 15) is 4.79 Å². The summed E-state index contributed by atoms with van der Waals surface area (Å²) in [5, 5.41) is 0. The number of ketones is 1. The molecule has 0 aliphatic carbocycles. The van der Waals surface area contributed by atoms with Gasteiger partial charge in [0.2, 0.25) is 11.6 Å². The summed E-state index contributed by atoms with van der Waals surface area (Å²) in [6.07, 6.45) is 1.47. The summed E-state index contributed by atoms with van der Waals surface area (Å²) in [4.78, 5) is 19.6. The van der Waals surface area contributed by atoms with E-state index in [0.29, 0.717) is 11.4 Å². The highest BCUT2D eigenvalue weighted by Gasteiger charge is 2.11. The number of hydrogen-bond donors (Lipinski definition) is 1. The van der Waals surface area contributed by atoms with Crippen LogP contribution < -0.4 is 5.73 Å². The van der Waals surface area contributed by atoms with Crippen LogP contribution in [0.1, 0.15) is 16.2 Å². The van der Waals surface area contributed by atoms with E-state index in [-0.39, 0.29) is 11.6 Å². The predicted octanol–water partition coefficient (Wildman–Crippen LogP) is 1.29. The number of carbonyl (C=O) groups is 1. The molecule has 15 heavy (non-hydrogen) atoms. The Balaban J connectivity index is 2.37. The number of aromatic nitrogens is 2. The van der Waals surface area contributed by atoms with Crippen molar-refractivity contribution in [1.82, 2.24) is 9.97 Å². The van der Waals surface area contributed by atoms with Crippen molar-refractivity contribution in [3.05, 3.63) is 54.0 Å². The van der Waals surface area contributed by atoms with Crippen molar-refractivity contribution in [3.63, 3.8) is 0 Å². The second kappa shape index (κ2) is 3.88. The van der Waals surface area contributed by atoms with Crippen LogP contribution in [0.4, 0.5) is 5.82 Å². The van der Waals surface area contributed by atoms with Crippen molar-refractivity contribution in [3.8, 4) is 0 Å². The quantitative estimate of drug-likeness (QED) is 0.740. The van der Waals surface area contributed by atoms with Crippen LogP contribution in [0.2, 0.25) is 0 Å². The third-order valence-electron chi connectivity index (χ3n) is 1.92. The first-order valence-electron chi connectivity index (χ1n) is 4.45. The molecule has 0 atom stereocenters. The van der Waals surface area contributed by atoms with E-state index in [1.807, 2.05) is 6.07 Å². The van der Waals surface area contributed by atoms with Crippen LogP contribution >= 0.6 is 0 Å². The Morgan fingerprint density at radius 3 is 2.53 bits per heavy atom. The third-order valence-corrected chi connectivity index (χ3v) is 1.92. The minimum absolute atomic E-state index is 0.126. The fourth-order valence-corrected chi connectivity index (χ4v) is 1.20. The lowest BCUT2D eigenvalue weighted by molar-refractivity contribution is 0.102. The van der Waals surface area contributed by atoms with Crippen molar-refractivity contribution in [2.45, 2.75) is 0 Å². The van der Waals surface area contributed by atoms with Gasteiger partial charge in [0.15, 0.2) is 0 Å². The number of benzene rings is 1. The highest BCUT2D eigenvalue weighted by molar-refractivity contribution is 6.06. The van der Waals surface area contributed by atoms with E-state index in [0.717, 1.165) is 0 Å². The monoisotopic (exact) mass is 199 g/mol. The molecular weight excluding hydrogens is 190 g/mol. The molecule has 0 aliphatic heterocycles. The Kier molecular flexibility index (Phi) is 2.41. The Morgan fingerprint density at radius 1 is 1.13 bits per heavy atom. The number of anilines is 1. The number of nitrogens with two attached hydrogens (primary N) is 1. The Hall–Kier alpha value is -2.23. The lowest BCUT2D eigenvalue weighted by Gasteiger charge is -1.99. The molecule has 1 aromatic heterocycles. The second-order valence-electron chi connectivity index (χ2n) is 3.00. The largest absolute Gasteiger partial charge is 0.384 e. The molecule has 4 heteroatoms. The maximum atomic E-state index is 11.8. The van der Waals surface area contributed by atoms with Gasteiger partial charge >= 0.3 is 0 Å². The summed E-state index contributed by atoms with van der Waals surface area (Å²) >= 11 is 0. The van der Waals surface area contributed by atoms with Crippen molar-refractivity contribution in [2.24, 2.45) is 0 Å². The molecule has 74 valence electrons. The van der Waals surface area contributed by atoms with Gasteiger partial charge in [0.05, 0.1) is 0 Å². The first kappa shape index (κ1) is 9.33. The minimum Gasteiger partial charge on any atom is -0.384 e. The zero-order valence-electron chi connectivity index (χ0n) is 7.92. The molecule has 1 heterocycles. The van der Waals surface area contributed by atoms with Gasteiger partial charge in [-0.15, -0.1) is 0 Å². The highest BCUT2D eigenvalue weighted by atomic mass is 16.1. The normalized spacial score (nSPS) is 9.87. The summed E-state index contributed by atoms with van der Waals surface area (Å²) in [7, 11) is 0. The van der Waals surface area contributed by atoms with Crippen molar-refractivity contribution < 1.29 is 4.79 Å². The van der Waals surface area contributed by atoms with Gasteiger partial charge in [-0.1, -0.05) is 30.3 Å². The minimum atomic E-state index is -0.220. The molecule has 2 aromatic rings. The van der Waals surface area contributed by atoms with Crippen molar-refractivity contribution in [1.29, 1.82) is 0 Å². The van der Waals surface area contributed by atoms with Gasteiger partial charge in [-0.25, -0.2) is 9.97 Å². The first-order chi connectivity index (χ1) is 7.27. The molecule has 0 fully saturated rings. The van der Waals surface area contributed by atoms with E-state index < -0.39 is 0 Å². The average Bonchev–Trinajstić information content (AvgIpc) is 2.29. The number of hydrogen-bond acceptors (Lipinski definition) is 4. The molecule has 0 bridgehead atoms. The Labute approximate surface area is 86.8 Å². The number of nitrogens with zero attached hydrogens (tertiary/aromatic N) is 2. The predicted molar refractivity (Wildman–Crippen MR) is 56.3 cm³/mol. The fraction of sp³-hybridized carbons (Fsp3) is 0. The number of nitrogen functional groups attached to an aromatic ring is 1. The molecule has 0 saturated heterocycles. The van der Waals surface area contributed by atoms with Gasteiger partial charge in [-0.2, -0.15) is 0 Å². The first-order valence-corrected chi connectivity index (χ1v) is 4.45. The van der Waals surface area contributed by atoms with E-state index in [2.05, 4.69) is 9.97 Å². The molecule has 1 aromatic carbocycles. The SMILES string of the molecule is Nc1ccnc(C(=O)c2ccccc2)n1. The van der Waals surface area contributed by atoms with Gasteiger partial charge in [0.1, 0.15) is 5.82 Å².